The van der Waals surface area contributed by atoms with E-state index >= 15 is 0 Å². The Bertz CT molecular complexity index is 1130. The van der Waals surface area contributed by atoms with Gasteiger partial charge in [-0.3, -0.25) is 14.5 Å². The number of Topliss-reactive ketones (excluding diaryl/α,β-unsaturated/α-hetero) is 1. The molecule has 32 heavy (non-hydrogen) atoms. The molecule has 2 aromatic rings. The molecule has 0 fully saturated rings. The van der Waals surface area contributed by atoms with E-state index in [1.807, 2.05) is 0 Å². The second-order valence-corrected chi connectivity index (χ2v) is 8.62. The third-order valence-corrected chi connectivity index (χ3v) is 5.37. The van der Waals surface area contributed by atoms with Crippen molar-refractivity contribution in [3.8, 4) is 23.0 Å². The van der Waals surface area contributed by atoms with Crippen LogP contribution in [0.4, 0.5) is 5.69 Å². The highest BCUT2D eigenvalue weighted by Crippen LogP contribution is 2.46. The first-order valence-corrected chi connectivity index (χ1v) is 10.3. The van der Waals surface area contributed by atoms with E-state index in [1.54, 1.807) is 58.0 Å². The molecule has 1 atom stereocenters. The lowest BCUT2D eigenvalue weighted by molar-refractivity contribution is -0.123. The lowest BCUT2D eigenvalue weighted by Crippen LogP contribution is -2.32. The van der Waals surface area contributed by atoms with E-state index in [0.29, 0.717) is 29.4 Å². The summed E-state index contributed by atoms with van der Waals surface area (Å²) in [5.41, 5.74) is 0.0904. The van der Waals surface area contributed by atoms with Crippen LogP contribution in [0.5, 0.6) is 23.0 Å². The Morgan fingerprint density at radius 3 is 2.53 bits per heavy atom. The molecule has 2 N–H and O–H groups in total. The highest BCUT2D eigenvalue weighted by atomic mass is 16.7. The lowest BCUT2D eigenvalue weighted by atomic mass is 9.82. The summed E-state index contributed by atoms with van der Waals surface area (Å²) in [5.74, 6) is -0.495. The van der Waals surface area contributed by atoms with Gasteiger partial charge in [0.25, 0.3) is 5.91 Å². The van der Waals surface area contributed by atoms with Crippen molar-refractivity contribution in [3.05, 3.63) is 53.3 Å². The number of phenolic OH excluding ortho intramolecular Hbond substituents is 1. The summed E-state index contributed by atoms with van der Waals surface area (Å²) in [6.45, 7) is 7.35. The molecule has 1 unspecified atom stereocenters. The molecule has 0 saturated carbocycles. The third kappa shape index (κ3) is 3.51. The van der Waals surface area contributed by atoms with Gasteiger partial charge < -0.3 is 24.4 Å². The fraction of sp³-hybridized carbons (Fsp3) is 0.333. The molecule has 2 aliphatic rings. The normalized spacial score (nSPS) is 17.8. The van der Waals surface area contributed by atoms with Crippen LogP contribution in [0.2, 0.25) is 0 Å². The van der Waals surface area contributed by atoms with Gasteiger partial charge in [0.05, 0.1) is 18.2 Å². The van der Waals surface area contributed by atoms with Gasteiger partial charge in [-0.15, -0.1) is 0 Å². The van der Waals surface area contributed by atoms with E-state index < -0.39 is 23.1 Å². The molecule has 168 valence electrons. The van der Waals surface area contributed by atoms with E-state index in [2.05, 4.69) is 0 Å². The first kappa shape index (κ1) is 21.5. The van der Waals surface area contributed by atoms with E-state index in [9.17, 15) is 19.8 Å². The van der Waals surface area contributed by atoms with Crippen LogP contribution in [-0.4, -0.2) is 35.3 Å². The van der Waals surface area contributed by atoms with Crippen molar-refractivity contribution in [2.75, 3.05) is 18.3 Å². The third-order valence-electron chi connectivity index (χ3n) is 5.37. The standard InChI is InChI=1S/C24H25NO7/c1-5-30-17-10-13(6-8-15(17)26)20-19(22(28)24(2,3)4)21(27)23(29)25(20)14-7-9-16-18(11-14)32-12-31-16/h6-11,20,26-27H,5,12H2,1-4H3. The minimum Gasteiger partial charge on any atom is -0.504 e. The van der Waals surface area contributed by atoms with Crippen molar-refractivity contribution in [1.82, 2.24) is 0 Å². The van der Waals surface area contributed by atoms with Crippen LogP contribution in [0.3, 0.4) is 0 Å². The Kier molecular flexibility index (Phi) is 5.24. The first-order chi connectivity index (χ1) is 15.1. The summed E-state index contributed by atoms with van der Waals surface area (Å²) < 4.78 is 16.3. The van der Waals surface area contributed by atoms with Crippen LogP contribution < -0.4 is 19.1 Å². The maximum atomic E-state index is 13.3. The molecule has 0 aromatic heterocycles. The molecule has 8 heteroatoms. The fourth-order valence-corrected chi connectivity index (χ4v) is 3.83. The molecular formula is C24H25NO7. The second kappa shape index (κ2) is 7.78. The summed E-state index contributed by atoms with van der Waals surface area (Å²) in [6, 6.07) is 8.67. The van der Waals surface area contributed by atoms with Crippen LogP contribution >= 0.6 is 0 Å². The number of fused-ring (bicyclic) bond motifs is 1. The maximum Gasteiger partial charge on any atom is 0.294 e. The monoisotopic (exact) mass is 439 g/mol. The van der Waals surface area contributed by atoms with Crippen molar-refractivity contribution in [1.29, 1.82) is 0 Å². The number of aliphatic hydroxyl groups excluding tert-OH is 1. The van der Waals surface area contributed by atoms with Crippen LogP contribution in [0.15, 0.2) is 47.7 Å². The van der Waals surface area contributed by atoms with Crippen molar-refractivity contribution in [3.63, 3.8) is 0 Å². The van der Waals surface area contributed by atoms with Crippen molar-refractivity contribution >= 4 is 17.4 Å². The molecule has 0 spiro atoms. The summed E-state index contributed by atoms with van der Waals surface area (Å²) in [6.07, 6.45) is 0. The number of amides is 1. The van der Waals surface area contributed by atoms with E-state index in [-0.39, 0.29) is 29.6 Å². The molecule has 2 aromatic carbocycles. The first-order valence-electron chi connectivity index (χ1n) is 10.3. The minimum absolute atomic E-state index is 0.00620. The van der Waals surface area contributed by atoms with E-state index in [1.165, 1.54) is 11.0 Å². The number of carbonyl (C=O) groups is 2. The lowest BCUT2D eigenvalue weighted by Gasteiger charge is -2.29. The molecule has 0 bridgehead atoms. The Balaban J connectivity index is 1.89. The minimum atomic E-state index is -0.922. The van der Waals surface area contributed by atoms with Gasteiger partial charge >= 0.3 is 0 Å². The number of carbonyl (C=O) groups excluding carboxylic acids is 2. The number of aliphatic hydroxyl groups is 1. The van der Waals surface area contributed by atoms with Gasteiger partial charge in [0.15, 0.2) is 34.5 Å². The van der Waals surface area contributed by atoms with Gasteiger partial charge in [0.1, 0.15) is 0 Å². The van der Waals surface area contributed by atoms with Crippen molar-refractivity contribution < 1.29 is 34.0 Å². The topological polar surface area (TPSA) is 106 Å². The number of anilines is 1. The summed E-state index contributed by atoms with van der Waals surface area (Å²) in [4.78, 5) is 27.9. The Labute approximate surface area is 185 Å². The Hall–Kier alpha value is -3.68. The summed E-state index contributed by atoms with van der Waals surface area (Å²) in [7, 11) is 0. The van der Waals surface area contributed by atoms with Gasteiger partial charge in [0.2, 0.25) is 6.79 Å². The van der Waals surface area contributed by atoms with Crippen molar-refractivity contribution in [2.24, 2.45) is 5.41 Å². The average molecular weight is 439 g/mol. The van der Waals surface area contributed by atoms with E-state index in [0.717, 1.165) is 0 Å². The van der Waals surface area contributed by atoms with Crippen LogP contribution in [0.1, 0.15) is 39.3 Å². The highest BCUT2D eigenvalue weighted by molar-refractivity contribution is 6.17. The Morgan fingerprint density at radius 2 is 1.84 bits per heavy atom. The van der Waals surface area contributed by atoms with Gasteiger partial charge in [-0.25, -0.2) is 0 Å². The average Bonchev–Trinajstić information content (AvgIpc) is 3.31. The van der Waals surface area contributed by atoms with Gasteiger partial charge in [0, 0.05) is 17.2 Å². The second-order valence-electron chi connectivity index (χ2n) is 8.62. The molecule has 0 aliphatic carbocycles. The number of hydrogen-bond acceptors (Lipinski definition) is 7. The number of rotatable bonds is 5. The van der Waals surface area contributed by atoms with Crippen LogP contribution in [-0.2, 0) is 9.59 Å². The zero-order valence-electron chi connectivity index (χ0n) is 18.3. The summed E-state index contributed by atoms with van der Waals surface area (Å²) in [5, 5.41) is 20.9. The largest absolute Gasteiger partial charge is 0.504 e. The number of phenols is 1. The molecule has 8 nitrogen and oxygen atoms in total. The zero-order chi connectivity index (χ0) is 23.2. The quantitative estimate of drug-likeness (QED) is 0.724. The maximum absolute atomic E-state index is 13.3. The zero-order valence-corrected chi connectivity index (χ0v) is 18.3. The molecule has 0 saturated heterocycles. The molecule has 2 heterocycles. The SMILES string of the molecule is CCOc1cc(C2C(C(=O)C(C)(C)C)=C(O)C(=O)N2c2ccc3c(c2)OCO3)ccc1O. The van der Waals surface area contributed by atoms with Crippen LogP contribution in [0.25, 0.3) is 0 Å². The Morgan fingerprint density at radius 1 is 1.12 bits per heavy atom. The van der Waals surface area contributed by atoms with Gasteiger partial charge in [-0.2, -0.15) is 0 Å². The van der Waals surface area contributed by atoms with Crippen molar-refractivity contribution in [2.45, 2.75) is 33.7 Å². The summed E-state index contributed by atoms with van der Waals surface area (Å²) >= 11 is 0. The van der Waals surface area contributed by atoms with Gasteiger partial charge in [-0.05, 0) is 36.8 Å². The molecular weight excluding hydrogens is 414 g/mol. The molecule has 0 radical (unpaired) electrons. The number of benzene rings is 2. The molecule has 1 amide bonds. The predicted molar refractivity (Wildman–Crippen MR) is 116 cm³/mol. The molecule has 4 rings (SSSR count). The number of ether oxygens (including phenoxy) is 3. The highest BCUT2D eigenvalue weighted by Gasteiger charge is 2.47. The number of aromatic hydroxyl groups is 1. The predicted octanol–water partition coefficient (Wildman–Crippen LogP) is 4.03. The van der Waals surface area contributed by atoms with Crippen LogP contribution in [0, 0.1) is 5.41 Å². The molecule has 2 aliphatic heterocycles. The fourth-order valence-electron chi connectivity index (χ4n) is 3.83. The van der Waals surface area contributed by atoms with Gasteiger partial charge in [-0.1, -0.05) is 26.8 Å². The number of ketones is 1. The van der Waals surface area contributed by atoms with E-state index in [4.69, 9.17) is 14.2 Å². The smallest absolute Gasteiger partial charge is 0.294 e. The number of nitrogens with zero attached hydrogens (tertiary/aromatic N) is 1. The number of hydrogen-bond donors (Lipinski definition) is 2.